The van der Waals surface area contributed by atoms with Gasteiger partial charge in [0, 0.05) is 18.8 Å². The van der Waals surface area contributed by atoms with Crippen molar-refractivity contribution >= 4 is 23.2 Å². The summed E-state index contributed by atoms with van der Waals surface area (Å²) in [7, 11) is 0. The molecule has 0 unspecified atom stereocenters. The predicted octanol–water partition coefficient (Wildman–Crippen LogP) is 4.07. The van der Waals surface area contributed by atoms with Crippen LogP contribution in [0.15, 0.2) is 18.2 Å². The Morgan fingerprint density at radius 1 is 1.07 bits per heavy atom. The van der Waals surface area contributed by atoms with Gasteiger partial charge in [-0.3, -0.25) is 0 Å². The van der Waals surface area contributed by atoms with E-state index < -0.39 is 6.29 Å². The molecule has 0 atom stereocenters. The van der Waals surface area contributed by atoms with Crippen LogP contribution in [0.1, 0.15) is 25.7 Å². The van der Waals surface area contributed by atoms with E-state index in [0.29, 0.717) is 28.8 Å². The summed E-state index contributed by atoms with van der Waals surface area (Å²) < 4.78 is 10.9. The van der Waals surface area contributed by atoms with Crippen LogP contribution in [-0.2, 0) is 9.47 Å². The summed E-state index contributed by atoms with van der Waals surface area (Å²) in [5, 5.41) is 1.13. The Labute approximate surface area is 100 Å². The molecule has 1 rings (SSSR count). The fraction of sp³-hybridized carbons (Fsp3) is 0.455. The molecule has 0 saturated carbocycles. The molecule has 0 N–H and O–H groups in total. The van der Waals surface area contributed by atoms with Crippen LogP contribution < -0.4 is 0 Å². The second-order valence-corrected chi connectivity index (χ2v) is 3.69. The lowest BCUT2D eigenvalue weighted by atomic mass is 10.2. The normalized spacial score (nSPS) is 11.0. The minimum atomic E-state index is -0.485. The highest BCUT2D eigenvalue weighted by molar-refractivity contribution is 6.36. The van der Waals surface area contributed by atoms with E-state index in [1.165, 1.54) is 0 Å². The fourth-order valence-corrected chi connectivity index (χ4v) is 1.83. The van der Waals surface area contributed by atoms with Gasteiger partial charge in [0.05, 0.1) is 10.0 Å². The van der Waals surface area contributed by atoms with Crippen molar-refractivity contribution in [3.05, 3.63) is 33.8 Å². The predicted molar refractivity (Wildman–Crippen MR) is 62.5 cm³/mol. The van der Waals surface area contributed by atoms with Crippen LogP contribution in [-0.4, -0.2) is 13.2 Å². The number of rotatable bonds is 5. The van der Waals surface area contributed by atoms with Gasteiger partial charge in [-0.1, -0.05) is 29.3 Å². The van der Waals surface area contributed by atoms with E-state index in [9.17, 15) is 0 Å². The van der Waals surface area contributed by atoms with E-state index in [4.69, 9.17) is 32.7 Å². The Bertz CT molecular complexity index is 289. The number of hydrogen-bond acceptors (Lipinski definition) is 2. The van der Waals surface area contributed by atoms with Gasteiger partial charge in [-0.2, -0.15) is 0 Å². The summed E-state index contributed by atoms with van der Waals surface area (Å²) >= 11 is 12.1. The quantitative estimate of drug-likeness (QED) is 0.732. The van der Waals surface area contributed by atoms with Crippen LogP contribution in [0.4, 0.5) is 0 Å². The number of ether oxygens (including phenoxy) is 2. The molecule has 84 valence electrons. The van der Waals surface area contributed by atoms with Crippen molar-refractivity contribution in [2.24, 2.45) is 0 Å². The van der Waals surface area contributed by atoms with Crippen molar-refractivity contribution in [1.82, 2.24) is 0 Å². The summed E-state index contributed by atoms with van der Waals surface area (Å²) in [4.78, 5) is 0. The van der Waals surface area contributed by atoms with Crippen molar-refractivity contribution in [2.45, 2.75) is 20.1 Å². The molecule has 0 bridgehead atoms. The molecule has 1 aromatic carbocycles. The topological polar surface area (TPSA) is 18.5 Å². The first-order valence-electron chi connectivity index (χ1n) is 4.87. The standard InChI is InChI=1S/C11H14Cl2O2/c1-3-14-11(15-4-2)10-8(12)6-5-7-9(10)13/h5-7,11H,3-4H2,1-2H3. The minimum absolute atomic E-state index is 0.485. The second-order valence-electron chi connectivity index (χ2n) is 2.88. The molecule has 0 aromatic heterocycles. The van der Waals surface area contributed by atoms with Gasteiger partial charge in [-0.05, 0) is 26.0 Å². The maximum atomic E-state index is 6.05. The molecule has 2 nitrogen and oxygen atoms in total. The van der Waals surface area contributed by atoms with Crippen LogP contribution in [0, 0.1) is 0 Å². The van der Waals surface area contributed by atoms with Gasteiger partial charge in [0.1, 0.15) is 0 Å². The van der Waals surface area contributed by atoms with E-state index in [2.05, 4.69) is 0 Å². The third kappa shape index (κ3) is 3.35. The monoisotopic (exact) mass is 248 g/mol. The van der Waals surface area contributed by atoms with Crippen LogP contribution in [0.2, 0.25) is 10.0 Å². The molecular formula is C11H14Cl2O2. The average Bonchev–Trinajstić information content (AvgIpc) is 2.18. The maximum absolute atomic E-state index is 6.05. The minimum Gasteiger partial charge on any atom is -0.349 e. The summed E-state index contributed by atoms with van der Waals surface area (Å²) in [5.41, 5.74) is 0.699. The van der Waals surface area contributed by atoms with Crippen LogP contribution in [0.5, 0.6) is 0 Å². The molecule has 0 saturated heterocycles. The second kappa shape index (κ2) is 6.33. The van der Waals surface area contributed by atoms with Crippen molar-refractivity contribution in [1.29, 1.82) is 0 Å². The number of hydrogen-bond donors (Lipinski definition) is 0. The van der Waals surface area contributed by atoms with E-state index in [1.54, 1.807) is 18.2 Å². The van der Waals surface area contributed by atoms with Crippen LogP contribution in [0.25, 0.3) is 0 Å². The van der Waals surface area contributed by atoms with Gasteiger partial charge < -0.3 is 9.47 Å². The van der Waals surface area contributed by atoms with E-state index in [0.717, 1.165) is 0 Å². The molecule has 0 aliphatic carbocycles. The molecule has 0 amide bonds. The van der Waals surface area contributed by atoms with Gasteiger partial charge in [0.15, 0.2) is 6.29 Å². The van der Waals surface area contributed by atoms with Crippen molar-refractivity contribution in [3.8, 4) is 0 Å². The molecule has 0 spiro atoms. The van der Waals surface area contributed by atoms with E-state index in [-0.39, 0.29) is 0 Å². The highest BCUT2D eigenvalue weighted by Gasteiger charge is 2.18. The molecule has 0 aliphatic rings. The Kier molecular flexibility index (Phi) is 5.40. The van der Waals surface area contributed by atoms with Gasteiger partial charge in [-0.25, -0.2) is 0 Å². The van der Waals surface area contributed by atoms with Gasteiger partial charge in [0.25, 0.3) is 0 Å². The maximum Gasteiger partial charge on any atom is 0.186 e. The molecular weight excluding hydrogens is 235 g/mol. The SMILES string of the molecule is CCOC(OCC)c1c(Cl)cccc1Cl. The third-order valence-electron chi connectivity index (χ3n) is 1.87. The number of halogens is 2. The molecule has 1 aromatic rings. The lowest BCUT2D eigenvalue weighted by molar-refractivity contribution is -0.140. The Hall–Kier alpha value is -0.280. The highest BCUT2D eigenvalue weighted by atomic mass is 35.5. The first-order chi connectivity index (χ1) is 7.20. The first kappa shape index (κ1) is 12.8. The average molecular weight is 249 g/mol. The van der Waals surface area contributed by atoms with Crippen molar-refractivity contribution in [3.63, 3.8) is 0 Å². The summed E-state index contributed by atoms with van der Waals surface area (Å²) in [5.74, 6) is 0. The Morgan fingerprint density at radius 3 is 1.93 bits per heavy atom. The van der Waals surface area contributed by atoms with Crippen LogP contribution >= 0.6 is 23.2 Å². The molecule has 4 heteroatoms. The molecule has 15 heavy (non-hydrogen) atoms. The zero-order valence-corrected chi connectivity index (χ0v) is 10.3. The fourth-order valence-electron chi connectivity index (χ4n) is 1.25. The molecule has 0 fully saturated rings. The first-order valence-corrected chi connectivity index (χ1v) is 5.63. The van der Waals surface area contributed by atoms with Crippen LogP contribution in [0.3, 0.4) is 0 Å². The number of benzene rings is 1. The molecule has 0 radical (unpaired) electrons. The zero-order chi connectivity index (χ0) is 11.3. The van der Waals surface area contributed by atoms with E-state index in [1.807, 2.05) is 13.8 Å². The molecule has 0 heterocycles. The smallest absolute Gasteiger partial charge is 0.186 e. The summed E-state index contributed by atoms with van der Waals surface area (Å²) in [6, 6.07) is 5.34. The highest BCUT2D eigenvalue weighted by Crippen LogP contribution is 2.32. The van der Waals surface area contributed by atoms with Gasteiger partial charge >= 0.3 is 0 Å². The molecule has 0 aliphatic heterocycles. The summed E-state index contributed by atoms with van der Waals surface area (Å²) in [6.07, 6.45) is -0.485. The van der Waals surface area contributed by atoms with E-state index >= 15 is 0 Å². The lowest BCUT2D eigenvalue weighted by Gasteiger charge is -2.19. The summed E-state index contributed by atoms with van der Waals surface area (Å²) in [6.45, 7) is 4.89. The van der Waals surface area contributed by atoms with Crippen molar-refractivity contribution < 1.29 is 9.47 Å². The Balaban J connectivity index is 2.98. The third-order valence-corrected chi connectivity index (χ3v) is 2.53. The lowest BCUT2D eigenvalue weighted by Crippen LogP contribution is -2.10. The van der Waals surface area contributed by atoms with Gasteiger partial charge in [-0.15, -0.1) is 0 Å². The largest absolute Gasteiger partial charge is 0.349 e. The van der Waals surface area contributed by atoms with Crippen molar-refractivity contribution in [2.75, 3.05) is 13.2 Å². The van der Waals surface area contributed by atoms with Gasteiger partial charge in [0.2, 0.25) is 0 Å². The Morgan fingerprint density at radius 2 is 1.53 bits per heavy atom. The zero-order valence-electron chi connectivity index (χ0n) is 8.80.